The van der Waals surface area contributed by atoms with Crippen LogP contribution in [0.3, 0.4) is 0 Å². The molecule has 0 aliphatic heterocycles. The molecule has 0 bridgehead atoms. The highest BCUT2D eigenvalue weighted by Crippen LogP contribution is 2.55. The normalized spacial score (nSPS) is 15.3. The van der Waals surface area contributed by atoms with Gasteiger partial charge in [0, 0.05) is 27.8 Å². The van der Waals surface area contributed by atoms with Crippen molar-refractivity contribution in [2.75, 3.05) is 4.90 Å². The van der Waals surface area contributed by atoms with Gasteiger partial charge in [0.25, 0.3) is 0 Å². The van der Waals surface area contributed by atoms with Gasteiger partial charge in [0.2, 0.25) is 0 Å². The van der Waals surface area contributed by atoms with Gasteiger partial charge in [-0.1, -0.05) is 208 Å². The first kappa shape index (κ1) is 38.0. The van der Waals surface area contributed by atoms with E-state index in [1.54, 1.807) is 0 Å². The Morgan fingerprint density at radius 3 is 1.64 bits per heavy atom. The minimum absolute atomic E-state index is 0.0936. The first-order chi connectivity index (χ1) is 31.4. The van der Waals surface area contributed by atoms with Crippen molar-refractivity contribution in [1.29, 1.82) is 0 Å². The van der Waals surface area contributed by atoms with E-state index in [0.717, 1.165) is 17.1 Å². The number of hydrogen-bond acceptors (Lipinski definition) is 1. The van der Waals surface area contributed by atoms with Crippen molar-refractivity contribution in [3.63, 3.8) is 0 Å². The van der Waals surface area contributed by atoms with Crippen molar-refractivity contribution >= 4 is 27.8 Å². The molecular formula is C63H47N. The highest BCUT2D eigenvalue weighted by atomic mass is 15.1. The van der Waals surface area contributed by atoms with Gasteiger partial charge in [-0.15, -0.1) is 0 Å². The average Bonchev–Trinajstić information content (AvgIpc) is 3.76. The van der Waals surface area contributed by atoms with Crippen LogP contribution in [0.1, 0.15) is 48.6 Å². The quantitative estimate of drug-likeness (QED) is 0.155. The van der Waals surface area contributed by atoms with Crippen molar-refractivity contribution in [2.24, 2.45) is 0 Å². The lowest BCUT2D eigenvalue weighted by atomic mass is 9.74. The molecule has 0 radical (unpaired) electrons. The third kappa shape index (κ3) is 5.77. The molecule has 2 aliphatic carbocycles. The van der Waals surface area contributed by atoms with Gasteiger partial charge in [0.1, 0.15) is 0 Å². The van der Waals surface area contributed by atoms with Crippen molar-refractivity contribution < 1.29 is 0 Å². The second kappa shape index (κ2) is 14.7. The van der Waals surface area contributed by atoms with E-state index in [1.165, 1.54) is 94.2 Å². The molecule has 64 heavy (non-hydrogen) atoms. The van der Waals surface area contributed by atoms with E-state index in [-0.39, 0.29) is 10.8 Å². The van der Waals surface area contributed by atoms with Crippen molar-refractivity contribution in [1.82, 2.24) is 0 Å². The maximum Gasteiger partial charge on any atom is 0.0540 e. The van der Waals surface area contributed by atoms with Gasteiger partial charge >= 0.3 is 0 Å². The number of hydrogen-bond donors (Lipinski definition) is 0. The van der Waals surface area contributed by atoms with E-state index in [9.17, 15) is 0 Å². The highest BCUT2D eigenvalue weighted by Gasteiger charge is 2.41. The zero-order valence-corrected chi connectivity index (χ0v) is 36.4. The second-order valence-corrected chi connectivity index (χ2v) is 18.2. The first-order valence-corrected chi connectivity index (χ1v) is 22.5. The summed E-state index contributed by atoms with van der Waals surface area (Å²) in [7, 11) is 0. The van der Waals surface area contributed by atoms with Crippen LogP contribution in [0.2, 0.25) is 0 Å². The van der Waals surface area contributed by atoms with E-state index in [2.05, 4.69) is 256 Å². The number of fused-ring (bicyclic) bond motifs is 7. The zero-order chi connectivity index (χ0) is 43.0. The summed E-state index contributed by atoms with van der Waals surface area (Å²) >= 11 is 0. The number of rotatable bonds is 7. The molecule has 0 N–H and O–H groups in total. The molecular weight excluding hydrogens is 771 g/mol. The minimum atomic E-state index is -0.219. The Labute approximate surface area is 376 Å². The predicted octanol–water partition coefficient (Wildman–Crippen LogP) is 17.0. The number of nitrogens with zero attached hydrogens (tertiary/aromatic N) is 1. The lowest BCUT2D eigenvalue weighted by Gasteiger charge is -2.29. The van der Waals surface area contributed by atoms with E-state index < -0.39 is 0 Å². The van der Waals surface area contributed by atoms with Crippen LogP contribution in [0.5, 0.6) is 0 Å². The third-order valence-corrected chi connectivity index (χ3v) is 14.4. The largest absolute Gasteiger partial charge is 0.310 e. The summed E-state index contributed by atoms with van der Waals surface area (Å²) in [4.78, 5) is 2.45. The molecule has 10 aromatic rings. The average molecular weight is 818 g/mol. The molecule has 0 saturated carbocycles. The van der Waals surface area contributed by atoms with Crippen LogP contribution in [-0.2, 0) is 10.8 Å². The van der Waals surface area contributed by atoms with Gasteiger partial charge in [0.05, 0.1) is 5.69 Å². The Bertz CT molecular complexity index is 3410. The van der Waals surface area contributed by atoms with Gasteiger partial charge in [-0.25, -0.2) is 0 Å². The minimum Gasteiger partial charge on any atom is -0.310 e. The molecule has 0 amide bonds. The molecule has 1 heteroatoms. The van der Waals surface area contributed by atoms with E-state index in [0.29, 0.717) is 0 Å². The van der Waals surface area contributed by atoms with Gasteiger partial charge in [0.15, 0.2) is 0 Å². The monoisotopic (exact) mass is 817 g/mol. The fraction of sp³-hybridized carbons (Fsp3) is 0.0794. The fourth-order valence-electron chi connectivity index (χ4n) is 11.1. The highest BCUT2D eigenvalue weighted by molar-refractivity contribution is 6.00. The lowest BCUT2D eigenvalue weighted by molar-refractivity contribution is 0.660. The SMILES string of the molecule is CC1(C)c2ccccc2-c2c(-c3ccccc3N(c3ccc(-c4ccc5c(c4)-c4ccccc4C5(C)c4ccccc4)cc3)c3ccc(-c4cccc5ccccc45)cc3)cccc21. The second-order valence-electron chi connectivity index (χ2n) is 18.2. The number of benzene rings is 10. The molecule has 1 nitrogen and oxygen atoms in total. The van der Waals surface area contributed by atoms with Gasteiger partial charge in [-0.2, -0.15) is 0 Å². The number of para-hydroxylation sites is 1. The van der Waals surface area contributed by atoms with E-state index in [4.69, 9.17) is 0 Å². The van der Waals surface area contributed by atoms with Crippen LogP contribution in [0.15, 0.2) is 231 Å². The van der Waals surface area contributed by atoms with Crippen LogP contribution in [0.4, 0.5) is 17.1 Å². The van der Waals surface area contributed by atoms with Crippen molar-refractivity contribution in [3.8, 4) is 55.6 Å². The Morgan fingerprint density at radius 1 is 0.328 bits per heavy atom. The number of anilines is 3. The summed E-state index contributed by atoms with van der Waals surface area (Å²) < 4.78 is 0. The van der Waals surface area contributed by atoms with E-state index in [1.807, 2.05) is 0 Å². The Balaban J connectivity index is 0.991. The van der Waals surface area contributed by atoms with Crippen molar-refractivity contribution in [3.05, 3.63) is 258 Å². The van der Waals surface area contributed by atoms with Crippen LogP contribution in [0.25, 0.3) is 66.4 Å². The molecule has 2 aliphatic rings. The lowest BCUT2D eigenvalue weighted by Crippen LogP contribution is -2.22. The maximum atomic E-state index is 2.45. The molecule has 10 aromatic carbocycles. The molecule has 1 unspecified atom stereocenters. The first-order valence-electron chi connectivity index (χ1n) is 22.5. The molecule has 0 fully saturated rings. The Kier molecular flexibility index (Phi) is 8.71. The summed E-state index contributed by atoms with van der Waals surface area (Å²) in [5.74, 6) is 0. The maximum absolute atomic E-state index is 2.45. The smallest absolute Gasteiger partial charge is 0.0540 e. The topological polar surface area (TPSA) is 3.24 Å². The molecule has 0 heterocycles. The molecule has 0 spiro atoms. The van der Waals surface area contributed by atoms with Crippen LogP contribution in [0, 0.1) is 0 Å². The fourth-order valence-corrected chi connectivity index (χ4v) is 11.1. The predicted molar refractivity (Wildman–Crippen MR) is 270 cm³/mol. The molecule has 304 valence electrons. The summed E-state index contributed by atoms with van der Waals surface area (Å²) in [5, 5.41) is 2.51. The Hall–Kier alpha value is -7.74. The Morgan fingerprint density at radius 2 is 0.859 bits per heavy atom. The van der Waals surface area contributed by atoms with Gasteiger partial charge in [-0.3, -0.25) is 0 Å². The summed E-state index contributed by atoms with van der Waals surface area (Å²) in [6.07, 6.45) is 0. The van der Waals surface area contributed by atoms with Gasteiger partial charge in [-0.05, 0) is 132 Å². The standard InChI is InChI=1S/C63H47N/c1-62(2)56-27-12-10-24-54(56)61-53(26-16-29-59(61)62)52-23-11-14-30-60(52)64(48-38-33-44(34-39-48)50-25-15-18-43-17-7-8-21-49(43)50)47-36-31-42(32-37-47)45-35-40-58-55(41-45)51-22-9-13-28-57(51)63(58,3)46-19-5-4-6-20-46/h4-41H,1-3H3. The van der Waals surface area contributed by atoms with Crippen molar-refractivity contribution in [2.45, 2.75) is 31.6 Å². The molecule has 1 atom stereocenters. The van der Waals surface area contributed by atoms with Crippen LogP contribution >= 0.6 is 0 Å². The molecule has 0 aromatic heterocycles. The zero-order valence-electron chi connectivity index (χ0n) is 36.4. The van der Waals surface area contributed by atoms with Gasteiger partial charge < -0.3 is 4.90 Å². The molecule has 0 saturated heterocycles. The summed E-state index contributed by atoms with van der Waals surface area (Å²) in [6, 6.07) is 85.4. The molecule has 12 rings (SSSR count). The van der Waals surface area contributed by atoms with Crippen LogP contribution < -0.4 is 4.90 Å². The van der Waals surface area contributed by atoms with E-state index >= 15 is 0 Å². The summed E-state index contributed by atoms with van der Waals surface area (Å²) in [6.45, 7) is 7.10. The van der Waals surface area contributed by atoms with Crippen LogP contribution in [-0.4, -0.2) is 0 Å². The third-order valence-electron chi connectivity index (χ3n) is 14.4. The summed E-state index contributed by atoms with van der Waals surface area (Å²) in [5.41, 5.74) is 22.4.